The van der Waals surface area contributed by atoms with Crippen LogP contribution in [0, 0.1) is 0 Å². The van der Waals surface area contributed by atoms with Crippen molar-refractivity contribution in [1.82, 2.24) is 9.88 Å². The van der Waals surface area contributed by atoms with Crippen LogP contribution in [-0.2, 0) is 14.3 Å². The first kappa shape index (κ1) is 41.7. The third-order valence-electron chi connectivity index (χ3n) is 7.75. The van der Waals surface area contributed by atoms with Crippen LogP contribution in [0.15, 0.2) is 97.3 Å². The first-order valence-electron chi connectivity index (χ1n) is 16.7. The van der Waals surface area contributed by atoms with E-state index in [1.165, 1.54) is 36.4 Å². The van der Waals surface area contributed by atoms with Gasteiger partial charge in [-0.25, -0.2) is 14.4 Å². The average molecular weight is 732 g/mol. The molecule has 1 aromatic heterocycles. The second kappa shape index (κ2) is 17.7. The number of ether oxygens (including phenoxy) is 1. The fourth-order valence-corrected chi connectivity index (χ4v) is 5.27. The molecule has 1 aliphatic rings. The van der Waals surface area contributed by atoms with E-state index in [2.05, 4.69) is 22.4 Å². The molecule has 0 unspecified atom stereocenters. The zero-order chi connectivity index (χ0) is 39.6. The van der Waals surface area contributed by atoms with Crippen LogP contribution in [0.2, 0.25) is 0 Å². The molecule has 14 nitrogen and oxygen atoms in total. The third kappa shape index (κ3) is 10.2. The fraction of sp³-hybridized carbons (Fsp3) is 0.333. The standard InChI is InChI=1S/C18H23N3O2.C18H14O8.C3H8O/c1-18(2,3)23-17(22)21-10-8-14(12-21)20-16-6-4-5-13-11-19-9-7-15(13)16;19-13(11-7-3-1-4-8-11)17(25,15(21)22)18(26,16(23)24)14(20)12-9-5-2-6-10-12;1-3(2)4/h4-7,9,11,14,20H,8,10,12H2,1-3H3;1-10,25-26H,(H,21,22)(H,23,24);3-4H,1-2H3/t14-;17-,18-;/m11./s1. The van der Waals surface area contributed by atoms with Crippen LogP contribution in [0.4, 0.5) is 10.5 Å². The number of hydrogen-bond donors (Lipinski definition) is 6. The van der Waals surface area contributed by atoms with Crippen molar-refractivity contribution in [2.75, 3.05) is 18.4 Å². The number of ketones is 2. The topological polar surface area (TPSA) is 224 Å². The monoisotopic (exact) mass is 731 g/mol. The second-order valence-electron chi connectivity index (χ2n) is 13.5. The van der Waals surface area contributed by atoms with Crippen molar-refractivity contribution in [3.8, 4) is 0 Å². The number of benzene rings is 3. The van der Waals surface area contributed by atoms with Gasteiger partial charge in [-0.2, -0.15) is 0 Å². The number of aliphatic carboxylic acids is 2. The second-order valence-corrected chi connectivity index (χ2v) is 13.5. The molecule has 6 N–H and O–H groups in total. The summed E-state index contributed by atoms with van der Waals surface area (Å²) in [6.45, 7) is 10.5. The number of Topliss-reactive ketones (excluding diaryl/α,β-unsaturated/α-hetero) is 2. The zero-order valence-electron chi connectivity index (χ0n) is 30.1. The summed E-state index contributed by atoms with van der Waals surface area (Å²) in [5, 5.41) is 53.7. The molecule has 0 radical (unpaired) electrons. The molecule has 2 heterocycles. The van der Waals surface area contributed by atoms with E-state index < -0.39 is 51.4 Å². The highest BCUT2D eigenvalue weighted by atomic mass is 16.6. The molecule has 14 heteroatoms. The Balaban J connectivity index is 0.000000261. The first-order valence-corrected chi connectivity index (χ1v) is 16.7. The third-order valence-corrected chi connectivity index (χ3v) is 7.75. The number of carbonyl (C=O) groups excluding carboxylic acids is 3. The number of fused-ring (bicyclic) bond motifs is 1. The summed E-state index contributed by atoms with van der Waals surface area (Å²) in [5.74, 6) is -8.03. The number of carbonyl (C=O) groups is 5. The number of anilines is 1. The predicted molar refractivity (Wildman–Crippen MR) is 196 cm³/mol. The molecule has 5 rings (SSSR count). The highest BCUT2D eigenvalue weighted by molar-refractivity contribution is 6.28. The van der Waals surface area contributed by atoms with Gasteiger partial charge in [-0.1, -0.05) is 72.8 Å². The van der Waals surface area contributed by atoms with Gasteiger partial charge in [0.25, 0.3) is 11.2 Å². The number of carboxylic acid groups (broad SMARTS) is 2. The zero-order valence-corrected chi connectivity index (χ0v) is 30.1. The number of hydrogen-bond acceptors (Lipinski definition) is 11. The van der Waals surface area contributed by atoms with Crippen LogP contribution >= 0.6 is 0 Å². The minimum absolute atomic E-state index is 0.167. The Labute approximate surface area is 306 Å². The summed E-state index contributed by atoms with van der Waals surface area (Å²) in [5.41, 5.74) is -8.05. The Kier molecular flexibility index (Phi) is 13.9. The first-order chi connectivity index (χ1) is 24.8. The van der Waals surface area contributed by atoms with Crippen LogP contribution in [0.25, 0.3) is 10.8 Å². The van der Waals surface area contributed by atoms with Crippen molar-refractivity contribution in [3.05, 3.63) is 108 Å². The van der Waals surface area contributed by atoms with Crippen molar-refractivity contribution in [1.29, 1.82) is 0 Å². The molecule has 1 aliphatic heterocycles. The molecular formula is C39H45N3O11. The number of amides is 1. The van der Waals surface area contributed by atoms with Gasteiger partial charge in [-0.15, -0.1) is 0 Å². The van der Waals surface area contributed by atoms with E-state index in [1.807, 2.05) is 39.1 Å². The van der Waals surface area contributed by atoms with Gasteiger partial charge < -0.3 is 40.5 Å². The van der Waals surface area contributed by atoms with Crippen molar-refractivity contribution in [2.24, 2.45) is 0 Å². The summed E-state index contributed by atoms with van der Waals surface area (Å²) in [4.78, 5) is 66.6. The highest BCUT2D eigenvalue weighted by Gasteiger charge is 2.69. The number of nitrogens with zero attached hydrogens (tertiary/aromatic N) is 2. The number of aliphatic hydroxyl groups excluding tert-OH is 1. The van der Waals surface area contributed by atoms with E-state index in [4.69, 9.17) is 9.84 Å². The lowest BCUT2D eigenvalue weighted by Gasteiger charge is -2.34. The average Bonchev–Trinajstić information content (AvgIpc) is 3.59. The summed E-state index contributed by atoms with van der Waals surface area (Å²) in [6, 6.07) is 21.2. The van der Waals surface area contributed by atoms with Crippen LogP contribution in [0.1, 0.15) is 61.8 Å². The fourth-order valence-electron chi connectivity index (χ4n) is 5.27. The van der Waals surface area contributed by atoms with Crippen LogP contribution < -0.4 is 5.32 Å². The highest BCUT2D eigenvalue weighted by Crippen LogP contribution is 2.32. The Morgan fingerprint density at radius 2 is 1.28 bits per heavy atom. The Morgan fingerprint density at radius 1 is 0.792 bits per heavy atom. The maximum absolute atomic E-state index is 12.6. The largest absolute Gasteiger partial charge is 0.479 e. The summed E-state index contributed by atoms with van der Waals surface area (Å²) in [7, 11) is 0. The molecule has 1 amide bonds. The summed E-state index contributed by atoms with van der Waals surface area (Å²) in [6.07, 6.45) is 4.18. The van der Waals surface area contributed by atoms with Crippen LogP contribution in [0.3, 0.4) is 0 Å². The molecule has 4 aromatic rings. The van der Waals surface area contributed by atoms with E-state index in [0.717, 1.165) is 53.7 Å². The number of pyridine rings is 1. The van der Waals surface area contributed by atoms with Gasteiger partial charge in [0.2, 0.25) is 11.6 Å². The number of aromatic nitrogens is 1. The SMILES string of the molecule is CC(C)(C)OC(=O)N1CC[C@@H](Nc2cccc3cnccc23)C1.CC(C)O.O=C(O)[C@](O)(C(=O)c1ccccc1)[C@](O)(C(=O)O)C(=O)c1ccccc1. The number of rotatable bonds is 9. The molecule has 3 atom stereocenters. The van der Waals surface area contributed by atoms with E-state index in [9.17, 15) is 44.4 Å². The van der Waals surface area contributed by atoms with Gasteiger partial charge >= 0.3 is 18.0 Å². The van der Waals surface area contributed by atoms with Gasteiger partial charge in [0.15, 0.2) is 0 Å². The molecule has 0 aliphatic carbocycles. The van der Waals surface area contributed by atoms with Gasteiger partial charge in [0.1, 0.15) is 5.60 Å². The van der Waals surface area contributed by atoms with Gasteiger partial charge in [-0.05, 0) is 53.2 Å². The molecule has 0 bridgehead atoms. The minimum Gasteiger partial charge on any atom is -0.479 e. The van der Waals surface area contributed by atoms with E-state index in [0.29, 0.717) is 6.54 Å². The Morgan fingerprint density at radius 3 is 1.74 bits per heavy atom. The lowest BCUT2D eigenvalue weighted by molar-refractivity contribution is -0.187. The number of likely N-dealkylation sites (tertiary alicyclic amines) is 1. The van der Waals surface area contributed by atoms with Crippen molar-refractivity contribution in [2.45, 2.75) is 70.0 Å². The van der Waals surface area contributed by atoms with E-state index in [-0.39, 0.29) is 18.2 Å². The van der Waals surface area contributed by atoms with Gasteiger partial charge in [-0.3, -0.25) is 14.6 Å². The molecule has 1 saturated heterocycles. The Bertz CT molecular complexity index is 1820. The maximum atomic E-state index is 12.6. The molecular weight excluding hydrogens is 686 g/mol. The molecule has 0 saturated carbocycles. The van der Waals surface area contributed by atoms with Crippen LogP contribution in [-0.4, -0.2) is 107 Å². The molecule has 3 aromatic carbocycles. The van der Waals surface area contributed by atoms with Crippen molar-refractivity contribution >= 4 is 46.1 Å². The summed E-state index contributed by atoms with van der Waals surface area (Å²) < 4.78 is 5.44. The molecule has 53 heavy (non-hydrogen) atoms. The number of aliphatic hydroxyl groups is 3. The predicted octanol–water partition coefficient (Wildman–Crippen LogP) is 4.43. The minimum atomic E-state index is -3.95. The normalized spacial score (nSPS) is 16.1. The molecule has 282 valence electrons. The van der Waals surface area contributed by atoms with Crippen molar-refractivity contribution < 1.29 is 54.2 Å². The maximum Gasteiger partial charge on any atom is 0.410 e. The number of carboxylic acids is 2. The lowest BCUT2D eigenvalue weighted by Crippen LogP contribution is -2.71. The van der Waals surface area contributed by atoms with E-state index in [1.54, 1.807) is 24.9 Å². The molecule has 1 fully saturated rings. The Hall–Kier alpha value is -5.70. The number of nitrogens with one attached hydrogen (secondary N) is 1. The quantitative estimate of drug-likeness (QED) is 0.104. The van der Waals surface area contributed by atoms with Crippen LogP contribution in [0.5, 0.6) is 0 Å². The van der Waals surface area contributed by atoms with Gasteiger partial charge in [0.05, 0.1) is 0 Å². The molecule has 0 spiro atoms. The van der Waals surface area contributed by atoms with Crippen molar-refractivity contribution in [3.63, 3.8) is 0 Å². The smallest absolute Gasteiger partial charge is 0.410 e. The lowest BCUT2D eigenvalue weighted by atomic mass is 9.73. The summed E-state index contributed by atoms with van der Waals surface area (Å²) >= 11 is 0. The van der Waals surface area contributed by atoms with E-state index >= 15 is 0 Å². The van der Waals surface area contributed by atoms with Gasteiger partial charge in [0, 0.05) is 65.2 Å².